The summed E-state index contributed by atoms with van der Waals surface area (Å²) < 4.78 is 10.7. The Labute approximate surface area is 157 Å². The summed E-state index contributed by atoms with van der Waals surface area (Å²) in [5.41, 5.74) is 2.20. The van der Waals surface area contributed by atoms with E-state index in [9.17, 15) is 9.59 Å². The largest absolute Gasteiger partial charge is 0.454 e. The molecule has 0 aromatic heterocycles. The summed E-state index contributed by atoms with van der Waals surface area (Å²) in [5, 5.41) is 8.56. The Hall–Kier alpha value is -3.22. The second-order valence-corrected chi connectivity index (χ2v) is 6.78. The molecule has 0 saturated heterocycles. The first-order valence-electron chi connectivity index (χ1n) is 8.96. The number of carbonyl (C=O) groups excluding carboxylic acids is 2. The summed E-state index contributed by atoms with van der Waals surface area (Å²) in [5.74, 6) is 1.56. The summed E-state index contributed by atoms with van der Waals surface area (Å²) in [6.45, 7) is 2.11. The second kappa shape index (κ2) is 7.19. The van der Waals surface area contributed by atoms with Gasteiger partial charge in [-0.1, -0.05) is 12.1 Å². The molecule has 1 aliphatic carbocycles. The third-order valence-electron chi connectivity index (χ3n) is 4.58. The van der Waals surface area contributed by atoms with Crippen LogP contribution < -0.4 is 25.4 Å². The Morgan fingerprint density at radius 1 is 1.00 bits per heavy atom. The maximum absolute atomic E-state index is 12.3. The highest BCUT2D eigenvalue weighted by Gasteiger charge is 2.29. The standard InChI is InChI=1S/C20H21N3O4/c1-12(14-7-8-17-18(9-14)27-11-26-17)21-20(25)23-16-4-2-3-15(10-16)22-19(24)13-5-6-13/h2-4,7-10,12-13H,5-6,11H2,1H3,(H,22,24)(H2,21,23,25). The lowest BCUT2D eigenvalue weighted by Gasteiger charge is -2.16. The van der Waals surface area contributed by atoms with Crippen molar-refractivity contribution in [2.75, 3.05) is 17.4 Å². The van der Waals surface area contributed by atoms with Crippen molar-refractivity contribution in [2.45, 2.75) is 25.8 Å². The number of carbonyl (C=O) groups is 2. The molecular weight excluding hydrogens is 346 g/mol. The van der Waals surface area contributed by atoms with Crippen LogP contribution in [0.5, 0.6) is 11.5 Å². The van der Waals surface area contributed by atoms with Crippen LogP contribution in [-0.2, 0) is 4.79 Å². The van der Waals surface area contributed by atoms with Gasteiger partial charge in [0.05, 0.1) is 6.04 Å². The zero-order valence-corrected chi connectivity index (χ0v) is 15.0. The van der Waals surface area contributed by atoms with Gasteiger partial charge in [-0.05, 0) is 55.7 Å². The molecule has 4 rings (SSSR count). The van der Waals surface area contributed by atoms with Crippen molar-refractivity contribution in [3.8, 4) is 11.5 Å². The average molecular weight is 367 g/mol. The number of hydrogen-bond acceptors (Lipinski definition) is 4. The number of fused-ring (bicyclic) bond motifs is 1. The third-order valence-corrected chi connectivity index (χ3v) is 4.58. The fraction of sp³-hybridized carbons (Fsp3) is 0.300. The summed E-state index contributed by atoms with van der Waals surface area (Å²) >= 11 is 0. The molecule has 2 aromatic rings. The highest BCUT2D eigenvalue weighted by atomic mass is 16.7. The smallest absolute Gasteiger partial charge is 0.319 e. The summed E-state index contributed by atoms with van der Waals surface area (Å²) in [6.07, 6.45) is 1.90. The molecule has 3 amide bonds. The highest BCUT2D eigenvalue weighted by molar-refractivity contribution is 5.95. The van der Waals surface area contributed by atoms with Crippen molar-refractivity contribution in [1.29, 1.82) is 0 Å². The Morgan fingerprint density at radius 2 is 1.74 bits per heavy atom. The molecule has 1 unspecified atom stereocenters. The molecule has 1 aliphatic heterocycles. The zero-order chi connectivity index (χ0) is 18.8. The zero-order valence-electron chi connectivity index (χ0n) is 15.0. The normalized spacial score (nSPS) is 15.7. The predicted molar refractivity (Wildman–Crippen MR) is 101 cm³/mol. The van der Waals surface area contributed by atoms with Gasteiger partial charge in [0.15, 0.2) is 11.5 Å². The first kappa shape index (κ1) is 17.2. The fourth-order valence-corrected chi connectivity index (χ4v) is 2.89. The molecule has 2 aliphatic rings. The Kier molecular flexibility index (Phi) is 4.58. The van der Waals surface area contributed by atoms with Gasteiger partial charge >= 0.3 is 6.03 Å². The predicted octanol–water partition coefficient (Wildman–Crippen LogP) is 3.65. The van der Waals surface area contributed by atoms with Crippen LogP contribution in [0.3, 0.4) is 0 Å². The molecule has 1 fully saturated rings. The fourth-order valence-electron chi connectivity index (χ4n) is 2.89. The van der Waals surface area contributed by atoms with Crippen molar-refractivity contribution in [2.24, 2.45) is 5.92 Å². The van der Waals surface area contributed by atoms with E-state index in [4.69, 9.17) is 9.47 Å². The number of rotatable bonds is 5. The topological polar surface area (TPSA) is 88.7 Å². The van der Waals surface area contributed by atoms with E-state index in [1.807, 2.05) is 25.1 Å². The Bertz CT molecular complexity index is 879. The van der Waals surface area contributed by atoms with Crippen molar-refractivity contribution in [3.63, 3.8) is 0 Å². The first-order valence-corrected chi connectivity index (χ1v) is 8.96. The summed E-state index contributed by atoms with van der Waals surface area (Å²) in [4.78, 5) is 24.2. The van der Waals surface area contributed by atoms with Gasteiger partial charge < -0.3 is 25.4 Å². The van der Waals surface area contributed by atoms with E-state index < -0.39 is 0 Å². The van der Waals surface area contributed by atoms with E-state index in [1.54, 1.807) is 24.3 Å². The number of ether oxygens (including phenoxy) is 2. The third kappa shape index (κ3) is 4.13. The van der Waals surface area contributed by atoms with Crippen LogP contribution in [0.4, 0.5) is 16.2 Å². The van der Waals surface area contributed by atoms with E-state index in [1.165, 1.54) is 0 Å². The Morgan fingerprint density at radius 3 is 2.52 bits per heavy atom. The molecular formula is C20H21N3O4. The van der Waals surface area contributed by atoms with Gasteiger partial charge in [-0.25, -0.2) is 4.79 Å². The number of urea groups is 1. The first-order chi connectivity index (χ1) is 13.1. The van der Waals surface area contributed by atoms with Crippen molar-refractivity contribution in [1.82, 2.24) is 5.32 Å². The summed E-state index contributed by atoms with van der Waals surface area (Å²) in [7, 11) is 0. The molecule has 3 N–H and O–H groups in total. The minimum atomic E-state index is -0.328. The number of nitrogens with one attached hydrogen (secondary N) is 3. The lowest BCUT2D eigenvalue weighted by Crippen LogP contribution is -2.31. The molecule has 0 radical (unpaired) electrons. The van der Waals surface area contributed by atoms with Crippen LogP contribution in [0.25, 0.3) is 0 Å². The van der Waals surface area contributed by atoms with Gasteiger partial charge in [-0.2, -0.15) is 0 Å². The molecule has 7 heteroatoms. The van der Waals surface area contributed by atoms with Gasteiger partial charge in [0.25, 0.3) is 0 Å². The molecule has 140 valence electrons. The molecule has 1 saturated carbocycles. The van der Waals surface area contributed by atoms with Gasteiger partial charge in [0.1, 0.15) is 0 Å². The van der Waals surface area contributed by atoms with Crippen LogP contribution >= 0.6 is 0 Å². The summed E-state index contributed by atoms with van der Waals surface area (Å²) in [6, 6.07) is 12.2. The highest BCUT2D eigenvalue weighted by Crippen LogP contribution is 2.34. The van der Waals surface area contributed by atoms with Crippen molar-refractivity contribution < 1.29 is 19.1 Å². The van der Waals surface area contributed by atoms with Gasteiger partial charge in [-0.3, -0.25) is 4.79 Å². The molecule has 1 heterocycles. The van der Waals surface area contributed by atoms with Crippen molar-refractivity contribution in [3.05, 3.63) is 48.0 Å². The van der Waals surface area contributed by atoms with E-state index in [2.05, 4.69) is 16.0 Å². The van der Waals surface area contributed by atoms with E-state index in [0.29, 0.717) is 22.9 Å². The van der Waals surface area contributed by atoms with E-state index >= 15 is 0 Å². The number of hydrogen-bond donors (Lipinski definition) is 3. The maximum atomic E-state index is 12.3. The lowest BCUT2D eigenvalue weighted by molar-refractivity contribution is -0.117. The van der Waals surface area contributed by atoms with Crippen LogP contribution in [0.15, 0.2) is 42.5 Å². The lowest BCUT2D eigenvalue weighted by atomic mass is 10.1. The minimum Gasteiger partial charge on any atom is -0.454 e. The molecule has 0 bridgehead atoms. The molecule has 0 spiro atoms. The molecule has 2 aromatic carbocycles. The quantitative estimate of drug-likeness (QED) is 0.753. The molecule has 27 heavy (non-hydrogen) atoms. The van der Waals surface area contributed by atoms with Crippen LogP contribution in [-0.4, -0.2) is 18.7 Å². The SMILES string of the molecule is CC(NC(=O)Nc1cccc(NC(=O)C2CC2)c1)c1ccc2c(c1)OCO2. The monoisotopic (exact) mass is 367 g/mol. The number of anilines is 2. The van der Waals surface area contributed by atoms with Crippen LogP contribution in [0, 0.1) is 5.92 Å². The molecule has 1 atom stereocenters. The van der Waals surface area contributed by atoms with Gasteiger partial charge in [0.2, 0.25) is 12.7 Å². The second-order valence-electron chi connectivity index (χ2n) is 6.78. The Balaban J connectivity index is 1.35. The number of benzene rings is 2. The maximum Gasteiger partial charge on any atom is 0.319 e. The molecule has 7 nitrogen and oxygen atoms in total. The van der Waals surface area contributed by atoms with Crippen molar-refractivity contribution >= 4 is 23.3 Å². The van der Waals surface area contributed by atoms with E-state index in [-0.39, 0.29) is 30.7 Å². The van der Waals surface area contributed by atoms with E-state index in [0.717, 1.165) is 18.4 Å². The van der Waals surface area contributed by atoms with Crippen LogP contribution in [0.1, 0.15) is 31.4 Å². The average Bonchev–Trinajstić information content (AvgIpc) is 3.39. The number of amides is 3. The van der Waals surface area contributed by atoms with Gasteiger partial charge in [0, 0.05) is 17.3 Å². The van der Waals surface area contributed by atoms with Crippen LogP contribution in [0.2, 0.25) is 0 Å². The van der Waals surface area contributed by atoms with Gasteiger partial charge in [-0.15, -0.1) is 0 Å². The minimum absolute atomic E-state index is 0.0352.